The third-order valence-corrected chi connectivity index (χ3v) is 8.15. The summed E-state index contributed by atoms with van der Waals surface area (Å²) in [5.41, 5.74) is 8.20. The second-order valence-electron chi connectivity index (χ2n) is 10.8. The molecule has 0 aliphatic heterocycles. The van der Waals surface area contributed by atoms with E-state index in [-0.39, 0.29) is 0 Å². The van der Waals surface area contributed by atoms with Crippen LogP contribution in [-0.2, 0) is 0 Å². The van der Waals surface area contributed by atoms with E-state index in [1.807, 2.05) is 91.0 Å². The molecule has 0 amide bonds. The zero-order valence-electron chi connectivity index (χ0n) is 23.4. The molecule has 9 rings (SSSR count). The van der Waals surface area contributed by atoms with Crippen molar-refractivity contribution in [2.24, 2.45) is 0 Å². The van der Waals surface area contributed by atoms with Crippen LogP contribution in [0, 0.1) is 0 Å². The highest BCUT2D eigenvalue weighted by molar-refractivity contribution is 6.12. The second-order valence-corrected chi connectivity index (χ2v) is 10.8. The summed E-state index contributed by atoms with van der Waals surface area (Å²) in [6.07, 6.45) is 0. The second kappa shape index (κ2) is 9.75. The lowest BCUT2D eigenvalue weighted by atomic mass is 10.0. The van der Waals surface area contributed by atoms with Gasteiger partial charge in [-0.25, -0.2) is 15.0 Å². The molecule has 0 saturated heterocycles. The number of rotatable bonds is 4. The molecule has 0 bridgehead atoms. The van der Waals surface area contributed by atoms with E-state index >= 15 is 0 Å². The molecule has 0 saturated carbocycles. The van der Waals surface area contributed by atoms with Gasteiger partial charge in [-0.1, -0.05) is 109 Å². The smallest absolute Gasteiger partial charge is 0.164 e. The largest absolute Gasteiger partial charge is 0.456 e. The van der Waals surface area contributed by atoms with E-state index in [1.165, 1.54) is 0 Å². The lowest BCUT2D eigenvalue weighted by Gasteiger charge is -2.09. The van der Waals surface area contributed by atoms with Gasteiger partial charge >= 0.3 is 0 Å². The fourth-order valence-corrected chi connectivity index (χ4v) is 6.09. The molecule has 0 aliphatic carbocycles. The topological polar surface area (TPSA) is 65.0 Å². The number of aromatic nitrogens is 3. The normalized spacial score (nSPS) is 11.6. The van der Waals surface area contributed by atoms with Crippen molar-refractivity contribution in [3.05, 3.63) is 140 Å². The maximum atomic E-state index is 6.43. The Morgan fingerprint density at radius 1 is 0.364 bits per heavy atom. The molecule has 6 aromatic carbocycles. The van der Waals surface area contributed by atoms with Crippen molar-refractivity contribution in [3.8, 4) is 45.3 Å². The minimum atomic E-state index is 0.592. The monoisotopic (exact) mass is 565 g/mol. The first-order valence-electron chi connectivity index (χ1n) is 14.5. The molecular formula is C39H23N3O2. The molecule has 3 aromatic heterocycles. The van der Waals surface area contributed by atoms with Gasteiger partial charge in [0.05, 0.1) is 0 Å². The molecule has 44 heavy (non-hydrogen) atoms. The van der Waals surface area contributed by atoms with Crippen LogP contribution in [0.5, 0.6) is 0 Å². The first-order chi connectivity index (χ1) is 21.8. The van der Waals surface area contributed by atoms with Gasteiger partial charge in [-0.3, -0.25) is 0 Å². The SMILES string of the molecule is c1ccc(-c2nc(-c3ccc4oc5c(-c6ccccc6)cccc5c4c3)nc(-c3cccc4oc5ccccc5c34)n2)cc1. The Labute approximate surface area is 252 Å². The standard InChI is InChI=1S/C39H23N3O2/c1-3-11-24(12-4-1)27-16-9-17-28-31-23-26(21-22-33(31)44-36(27)28)38-40-37(25-13-5-2-6-14-25)41-39(42-38)30-18-10-20-34-35(30)29-15-7-8-19-32(29)43-34/h1-23H. The van der Waals surface area contributed by atoms with Gasteiger partial charge in [0.15, 0.2) is 17.5 Å². The van der Waals surface area contributed by atoms with E-state index < -0.39 is 0 Å². The van der Waals surface area contributed by atoms with E-state index in [1.54, 1.807) is 0 Å². The van der Waals surface area contributed by atoms with Crippen molar-refractivity contribution in [1.82, 2.24) is 15.0 Å². The van der Waals surface area contributed by atoms with Gasteiger partial charge in [0.2, 0.25) is 0 Å². The number of furan rings is 2. The quantitative estimate of drug-likeness (QED) is 0.212. The summed E-state index contributed by atoms with van der Waals surface area (Å²) in [6.45, 7) is 0. The van der Waals surface area contributed by atoms with E-state index in [9.17, 15) is 0 Å². The third-order valence-electron chi connectivity index (χ3n) is 8.15. The summed E-state index contributed by atoms with van der Waals surface area (Å²) in [4.78, 5) is 15.1. The van der Waals surface area contributed by atoms with Gasteiger partial charge in [-0.2, -0.15) is 0 Å². The van der Waals surface area contributed by atoms with Crippen molar-refractivity contribution in [3.63, 3.8) is 0 Å². The average molecular weight is 566 g/mol. The van der Waals surface area contributed by atoms with Crippen LogP contribution in [0.25, 0.3) is 89.2 Å². The summed E-state index contributed by atoms with van der Waals surface area (Å²) < 4.78 is 12.6. The van der Waals surface area contributed by atoms with Crippen molar-refractivity contribution in [2.45, 2.75) is 0 Å². The van der Waals surface area contributed by atoms with Crippen LogP contribution in [0.1, 0.15) is 0 Å². The third kappa shape index (κ3) is 3.91. The molecule has 0 fully saturated rings. The number of nitrogens with zero attached hydrogens (tertiary/aromatic N) is 3. The van der Waals surface area contributed by atoms with Crippen molar-refractivity contribution >= 4 is 43.9 Å². The minimum absolute atomic E-state index is 0.592. The zero-order valence-corrected chi connectivity index (χ0v) is 23.4. The van der Waals surface area contributed by atoms with E-state index in [0.717, 1.165) is 71.7 Å². The molecule has 9 aromatic rings. The Morgan fingerprint density at radius 2 is 0.977 bits per heavy atom. The number of fused-ring (bicyclic) bond motifs is 6. The number of benzene rings is 6. The van der Waals surface area contributed by atoms with Crippen LogP contribution in [0.3, 0.4) is 0 Å². The predicted molar refractivity (Wildman–Crippen MR) is 176 cm³/mol. The molecule has 0 atom stereocenters. The Hall–Kier alpha value is -6.07. The summed E-state index contributed by atoms with van der Waals surface area (Å²) in [5.74, 6) is 1.79. The van der Waals surface area contributed by atoms with E-state index in [0.29, 0.717) is 17.5 Å². The van der Waals surface area contributed by atoms with Crippen molar-refractivity contribution in [2.75, 3.05) is 0 Å². The van der Waals surface area contributed by atoms with Crippen LogP contribution in [0.4, 0.5) is 0 Å². The molecule has 0 radical (unpaired) electrons. The van der Waals surface area contributed by atoms with Crippen LogP contribution in [0.2, 0.25) is 0 Å². The summed E-state index contributed by atoms with van der Waals surface area (Å²) in [5, 5.41) is 4.09. The van der Waals surface area contributed by atoms with Gasteiger partial charge in [-0.05, 0) is 35.9 Å². The van der Waals surface area contributed by atoms with Crippen LogP contribution in [0.15, 0.2) is 148 Å². The molecule has 0 N–H and O–H groups in total. The highest BCUT2D eigenvalue weighted by Crippen LogP contribution is 2.39. The van der Waals surface area contributed by atoms with Gasteiger partial charge < -0.3 is 8.83 Å². The van der Waals surface area contributed by atoms with Crippen LogP contribution >= 0.6 is 0 Å². The zero-order chi connectivity index (χ0) is 29.0. The Kier molecular flexibility index (Phi) is 5.43. The summed E-state index contributed by atoms with van der Waals surface area (Å²) in [7, 11) is 0. The summed E-state index contributed by atoms with van der Waals surface area (Å²) in [6, 6.07) is 46.9. The Morgan fingerprint density at radius 3 is 1.82 bits per heavy atom. The highest BCUT2D eigenvalue weighted by atomic mass is 16.3. The molecule has 3 heterocycles. The number of hydrogen-bond donors (Lipinski definition) is 0. The fraction of sp³-hybridized carbons (Fsp3) is 0. The predicted octanol–water partition coefficient (Wildman–Crippen LogP) is 10.3. The molecule has 0 unspecified atom stereocenters. The molecule has 0 spiro atoms. The van der Waals surface area contributed by atoms with Gasteiger partial charge in [-0.15, -0.1) is 0 Å². The maximum Gasteiger partial charge on any atom is 0.164 e. The lowest BCUT2D eigenvalue weighted by Crippen LogP contribution is -2.00. The molecule has 5 nitrogen and oxygen atoms in total. The number of hydrogen-bond acceptors (Lipinski definition) is 5. The minimum Gasteiger partial charge on any atom is -0.456 e. The fourth-order valence-electron chi connectivity index (χ4n) is 6.09. The maximum absolute atomic E-state index is 6.43. The average Bonchev–Trinajstić information content (AvgIpc) is 3.67. The Bertz CT molecular complexity index is 2500. The van der Waals surface area contributed by atoms with Crippen molar-refractivity contribution in [1.29, 1.82) is 0 Å². The highest BCUT2D eigenvalue weighted by Gasteiger charge is 2.19. The van der Waals surface area contributed by atoms with Crippen LogP contribution in [-0.4, -0.2) is 15.0 Å². The first kappa shape index (κ1) is 24.5. The lowest BCUT2D eigenvalue weighted by molar-refractivity contribution is 0.669. The van der Waals surface area contributed by atoms with Crippen LogP contribution < -0.4 is 0 Å². The van der Waals surface area contributed by atoms with E-state index in [2.05, 4.69) is 48.5 Å². The number of para-hydroxylation sites is 2. The molecule has 0 aliphatic rings. The Balaban J connectivity index is 1.27. The van der Waals surface area contributed by atoms with E-state index in [4.69, 9.17) is 23.8 Å². The first-order valence-corrected chi connectivity index (χ1v) is 14.5. The van der Waals surface area contributed by atoms with Gasteiger partial charge in [0, 0.05) is 43.8 Å². The van der Waals surface area contributed by atoms with Gasteiger partial charge in [0.25, 0.3) is 0 Å². The van der Waals surface area contributed by atoms with Gasteiger partial charge in [0.1, 0.15) is 22.3 Å². The molecule has 206 valence electrons. The van der Waals surface area contributed by atoms with Crippen molar-refractivity contribution < 1.29 is 8.83 Å². The molecule has 5 heteroatoms. The summed E-state index contributed by atoms with van der Waals surface area (Å²) >= 11 is 0. The molecular weight excluding hydrogens is 542 g/mol.